The van der Waals surface area contributed by atoms with E-state index in [1.807, 2.05) is 19.8 Å². The summed E-state index contributed by atoms with van der Waals surface area (Å²) in [5, 5.41) is 17.8. The second kappa shape index (κ2) is 9.27. The first-order chi connectivity index (χ1) is 9.51. The molecule has 108 valence electrons. The van der Waals surface area contributed by atoms with Gasteiger partial charge in [-0.05, 0) is 36.8 Å². The number of benzene rings is 2. The molecule has 2 aromatic rings. The number of phenols is 2. The smallest absolute Gasteiger partial charge is 0.122 e. The summed E-state index contributed by atoms with van der Waals surface area (Å²) in [5.41, 5.74) is 6.88. The second-order valence-corrected chi connectivity index (χ2v) is 3.80. The summed E-state index contributed by atoms with van der Waals surface area (Å²) in [6, 6.07) is 11.6. The van der Waals surface area contributed by atoms with E-state index < -0.39 is 0 Å². The van der Waals surface area contributed by atoms with E-state index in [9.17, 15) is 0 Å². The predicted molar refractivity (Wildman–Crippen MR) is 79.0 cm³/mol. The quantitative estimate of drug-likeness (QED) is 0.696. The van der Waals surface area contributed by atoms with Gasteiger partial charge in [0.2, 0.25) is 0 Å². The standard InChI is InChI=1S/C8H10O2.C6H7NO.CH2O/c1-6-3-7(9)5-8(4-6)10-2;7-5-2-1-3-6(8)4-5;1-2/h3-5,9H,1-2H3;1-4,8H,7H2;1H2. The number of anilines is 1. The van der Waals surface area contributed by atoms with Crippen molar-refractivity contribution in [3.05, 3.63) is 48.0 Å². The van der Waals surface area contributed by atoms with Crippen molar-refractivity contribution in [1.29, 1.82) is 0 Å². The maximum absolute atomic E-state index is 9.04. The third kappa shape index (κ3) is 6.90. The normalized spacial score (nSPS) is 8.50. The maximum Gasteiger partial charge on any atom is 0.122 e. The lowest BCUT2D eigenvalue weighted by molar-refractivity contribution is -0.0979. The molecule has 0 saturated heterocycles. The zero-order valence-electron chi connectivity index (χ0n) is 11.5. The van der Waals surface area contributed by atoms with Crippen LogP contribution in [0.25, 0.3) is 0 Å². The van der Waals surface area contributed by atoms with Crippen molar-refractivity contribution in [3.63, 3.8) is 0 Å². The topological polar surface area (TPSA) is 92.8 Å². The molecule has 5 nitrogen and oxygen atoms in total. The molecule has 4 N–H and O–H groups in total. The van der Waals surface area contributed by atoms with Crippen molar-refractivity contribution in [2.24, 2.45) is 0 Å². The van der Waals surface area contributed by atoms with Crippen LogP contribution in [0.3, 0.4) is 0 Å². The van der Waals surface area contributed by atoms with Crippen LogP contribution in [0, 0.1) is 6.92 Å². The first kappa shape index (κ1) is 17.3. The zero-order chi connectivity index (χ0) is 15.5. The van der Waals surface area contributed by atoms with Crippen molar-refractivity contribution in [2.75, 3.05) is 12.8 Å². The van der Waals surface area contributed by atoms with Crippen LogP contribution in [-0.4, -0.2) is 24.1 Å². The van der Waals surface area contributed by atoms with Gasteiger partial charge >= 0.3 is 0 Å². The Bertz CT molecular complexity index is 492. The van der Waals surface area contributed by atoms with Gasteiger partial charge in [-0.1, -0.05) is 6.07 Å². The van der Waals surface area contributed by atoms with E-state index in [-0.39, 0.29) is 11.5 Å². The fourth-order valence-corrected chi connectivity index (χ4v) is 1.37. The number of methoxy groups -OCH3 is 1. The minimum Gasteiger partial charge on any atom is -0.508 e. The predicted octanol–water partition coefficient (Wildman–Crippen LogP) is 2.50. The first-order valence-corrected chi connectivity index (χ1v) is 5.69. The Hall–Kier alpha value is -2.69. The van der Waals surface area contributed by atoms with E-state index in [1.165, 1.54) is 6.07 Å². The summed E-state index contributed by atoms with van der Waals surface area (Å²) in [4.78, 5) is 8.00. The SMILES string of the molecule is C=O.COc1cc(C)cc(O)c1.Nc1cccc(O)c1. The first-order valence-electron chi connectivity index (χ1n) is 5.69. The molecule has 0 fully saturated rings. The van der Waals surface area contributed by atoms with Crippen LogP contribution in [0.4, 0.5) is 5.69 Å². The number of nitrogen functional groups attached to an aromatic ring is 1. The fourth-order valence-electron chi connectivity index (χ4n) is 1.37. The molecule has 0 radical (unpaired) electrons. The van der Waals surface area contributed by atoms with Crippen LogP contribution in [0.5, 0.6) is 17.2 Å². The van der Waals surface area contributed by atoms with E-state index in [0.717, 1.165) is 5.56 Å². The largest absolute Gasteiger partial charge is 0.508 e. The Morgan fingerprint density at radius 1 is 1.05 bits per heavy atom. The van der Waals surface area contributed by atoms with E-state index >= 15 is 0 Å². The molecule has 0 spiro atoms. The molecule has 0 saturated carbocycles. The van der Waals surface area contributed by atoms with Gasteiger partial charge in [0.05, 0.1) is 7.11 Å². The Labute approximate surface area is 118 Å². The highest BCUT2D eigenvalue weighted by Crippen LogP contribution is 2.20. The molecule has 0 aromatic heterocycles. The molecule has 0 heterocycles. The number of carbonyl (C=O) groups excluding carboxylic acids is 1. The van der Waals surface area contributed by atoms with Gasteiger partial charge in [-0.3, -0.25) is 0 Å². The summed E-state index contributed by atoms with van der Waals surface area (Å²) in [6.07, 6.45) is 0. The number of aryl methyl sites for hydroxylation is 1. The van der Waals surface area contributed by atoms with Crippen molar-refractivity contribution < 1.29 is 19.7 Å². The van der Waals surface area contributed by atoms with Crippen molar-refractivity contribution in [1.82, 2.24) is 0 Å². The number of hydrogen-bond acceptors (Lipinski definition) is 5. The van der Waals surface area contributed by atoms with Gasteiger partial charge in [0.1, 0.15) is 24.0 Å². The zero-order valence-corrected chi connectivity index (χ0v) is 11.5. The Morgan fingerprint density at radius 2 is 1.70 bits per heavy atom. The van der Waals surface area contributed by atoms with E-state index in [2.05, 4.69) is 0 Å². The number of aromatic hydroxyl groups is 2. The van der Waals surface area contributed by atoms with Gasteiger partial charge in [-0.25, -0.2) is 0 Å². The van der Waals surface area contributed by atoms with Crippen LogP contribution in [0.15, 0.2) is 42.5 Å². The molecular weight excluding hydrogens is 258 g/mol. The van der Waals surface area contributed by atoms with Crippen LogP contribution < -0.4 is 10.5 Å². The maximum atomic E-state index is 9.04. The third-order valence-electron chi connectivity index (χ3n) is 2.14. The Balaban J connectivity index is 0.000000327. The summed E-state index contributed by atoms with van der Waals surface area (Å²) >= 11 is 0. The minimum atomic E-state index is 0.213. The summed E-state index contributed by atoms with van der Waals surface area (Å²) in [6.45, 7) is 3.90. The van der Waals surface area contributed by atoms with Gasteiger partial charge in [0.15, 0.2) is 0 Å². The molecule has 5 heteroatoms. The number of nitrogens with two attached hydrogens (primary N) is 1. The van der Waals surface area contributed by atoms with Crippen LogP contribution in [0.2, 0.25) is 0 Å². The highest BCUT2D eigenvalue weighted by Gasteiger charge is 1.94. The number of carbonyl (C=O) groups is 1. The van der Waals surface area contributed by atoms with Crippen LogP contribution in [0.1, 0.15) is 5.56 Å². The molecule has 0 unspecified atom stereocenters. The summed E-state index contributed by atoms with van der Waals surface area (Å²) < 4.78 is 4.92. The minimum absolute atomic E-state index is 0.213. The van der Waals surface area contributed by atoms with Crippen molar-refractivity contribution >= 4 is 12.5 Å². The third-order valence-corrected chi connectivity index (χ3v) is 2.14. The van der Waals surface area contributed by atoms with E-state index in [1.54, 1.807) is 37.4 Å². The molecule has 0 aliphatic rings. The molecule has 0 aliphatic carbocycles. The lowest BCUT2D eigenvalue weighted by Crippen LogP contribution is -1.82. The molecule has 0 amide bonds. The van der Waals surface area contributed by atoms with Gasteiger partial charge < -0.3 is 25.5 Å². The molecule has 0 atom stereocenters. The van der Waals surface area contributed by atoms with Gasteiger partial charge in [-0.2, -0.15) is 0 Å². The molecular formula is C15H19NO4. The van der Waals surface area contributed by atoms with Gasteiger partial charge in [0, 0.05) is 17.8 Å². The monoisotopic (exact) mass is 277 g/mol. The highest BCUT2D eigenvalue weighted by molar-refractivity contribution is 5.42. The molecule has 20 heavy (non-hydrogen) atoms. The molecule has 0 bridgehead atoms. The average Bonchev–Trinajstić information content (AvgIpc) is 2.40. The Morgan fingerprint density at radius 3 is 2.10 bits per heavy atom. The van der Waals surface area contributed by atoms with Gasteiger partial charge in [0.25, 0.3) is 0 Å². The average molecular weight is 277 g/mol. The number of rotatable bonds is 1. The lowest BCUT2D eigenvalue weighted by Gasteiger charge is -2.00. The van der Waals surface area contributed by atoms with E-state index in [0.29, 0.717) is 11.4 Å². The Kier molecular flexibility index (Phi) is 8.02. The van der Waals surface area contributed by atoms with Crippen LogP contribution in [-0.2, 0) is 4.79 Å². The lowest BCUT2D eigenvalue weighted by atomic mass is 10.2. The van der Waals surface area contributed by atoms with Crippen molar-refractivity contribution in [3.8, 4) is 17.2 Å². The summed E-state index contributed by atoms with van der Waals surface area (Å²) in [7, 11) is 1.58. The van der Waals surface area contributed by atoms with E-state index in [4.69, 9.17) is 25.5 Å². The highest BCUT2D eigenvalue weighted by atomic mass is 16.5. The molecule has 2 rings (SSSR count). The second-order valence-electron chi connectivity index (χ2n) is 3.80. The molecule has 2 aromatic carbocycles. The number of ether oxygens (including phenoxy) is 1. The fraction of sp³-hybridized carbons (Fsp3) is 0.133. The van der Waals surface area contributed by atoms with Gasteiger partial charge in [-0.15, -0.1) is 0 Å². The number of hydrogen-bond donors (Lipinski definition) is 3. The van der Waals surface area contributed by atoms with Crippen LogP contribution >= 0.6 is 0 Å². The van der Waals surface area contributed by atoms with Crippen molar-refractivity contribution in [2.45, 2.75) is 6.92 Å². The summed E-state index contributed by atoms with van der Waals surface area (Å²) in [5.74, 6) is 1.15. The molecule has 0 aliphatic heterocycles. The number of phenolic OH excluding ortho intramolecular Hbond substituents is 2.